The van der Waals surface area contributed by atoms with Gasteiger partial charge in [0.05, 0.1) is 5.60 Å². The number of pyridine rings is 1. The molecule has 1 N–H and O–H groups in total. The van der Waals surface area contributed by atoms with Crippen LogP contribution < -0.4 is 5.32 Å². The highest BCUT2D eigenvalue weighted by Gasteiger charge is 2.40. The molecule has 29 heavy (non-hydrogen) atoms. The molecular formula is C26H36N2O. The van der Waals surface area contributed by atoms with Crippen LogP contribution in [-0.4, -0.2) is 23.7 Å². The summed E-state index contributed by atoms with van der Waals surface area (Å²) in [5, 5.41) is 3.54. The summed E-state index contributed by atoms with van der Waals surface area (Å²) in [6.07, 6.45) is 13.3. The number of nitrogens with zero attached hydrogens (tertiary/aromatic N) is 1. The Balaban J connectivity index is 0.000000145. The van der Waals surface area contributed by atoms with Gasteiger partial charge in [0.2, 0.25) is 0 Å². The lowest BCUT2D eigenvalue weighted by atomic mass is 9.83. The van der Waals surface area contributed by atoms with E-state index in [0.717, 1.165) is 19.6 Å². The number of fused-ring (bicyclic) bond motifs is 1. The third-order valence-electron chi connectivity index (χ3n) is 6.93. The predicted molar refractivity (Wildman–Crippen MR) is 119 cm³/mol. The predicted octanol–water partition coefficient (Wildman–Crippen LogP) is 5.96. The van der Waals surface area contributed by atoms with Gasteiger partial charge in [0.25, 0.3) is 0 Å². The van der Waals surface area contributed by atoms with Crippen LogP contribution in [0.25, 0.3) is 0 Å². The van der Waals surface area contributed by atoms with Crippen LogP contribution in [0.4, 0.5) is 0 Å². The van der Waals surface area contributed by atoms with E-state index in [1.165, 1.54) is 62.6 Å². The highest BCUT2D eigenvalue weighted by Crippen LogP contribution is 2.44. The number of ether oxygens (including phenoxy) is 1. The standard InChI is InChI=1S/C14H19NO.C12H17N/c1-4-9-15-13(5-1)12-6-10-16-14(11-12)7-2-3-8-14;1-2-13-12-9-5-7-10-6-3-4-8-11(10)12/h1,4-5,9,12H,2-3,6-8,10-11H2;3-4,6,8,12-13H,2,5,7,9H2,1H3/t12-;/m1./s1. The van der Waals surface area contributed by atoms with Gasteiger partial charge in [-0.2, -0.15) is 0 Å². The molecule has 1 unspecified atom stereocenters. The second-order valence-corrected chi connectivity index (χ2v) is 8.88. The summed E-state index contributed by atoms with van der Waals surface area (Å²) in [5.41, 5.74) is 4.54. The number of aryl methyl sites for hydroxylation is 1. The molecule has 1 saturated carbocycles. The SMILES string of the molecule is CCNC1CCCc2ccccc21.c1ccc([C@@H]2CCOC3(CCCC3)C2)nc1. The van der Waals surface area contributed by atoms with Crippen molar-refractivity contribution in [3.8, 4) is 0 Å². The van der Waals surface area contributed by atoms with E-state index in [0.29, 0.717) is 12.0 Å². The summed E-state index contributed by atoms with van der Waals surface area (Å²) in [6, 6.07) is 15.7. The normalized spacial score (nSPS) is 25.1. The van der Waals surface area contributed by atoms with Crippen molar-refractivity contribution < 1.29 is 4.74 Å². The van der Waals surface area contributed by atoms with Crippen LogP contribution in [0.15, 0.2) is 48.7 Å². The van der Waals surface area contributed by atoms with Crippen molar-refractivity contribution in [3.63, 3.8) is 0 Å². The molecule has 2 aromatic rings. The maximum atomic E-state index is 6.05. The smallest absolute Gasteiger partial charge is 0.0689 e. The molecule has 1 spiro atoms. The van der Waals surface area contributed by atoms with Gasteiger partial charge in [-0.25, -0.2) is 0 Å². The zero-order chi connectivity index (χ0) is 19.9. The maximum Gasteiger partial charge on any atom is 0.0689 e. The number of hydrogen-bond acceptors (Lipinski definition) is 3. The minimum absolute atomic E-state index is 0.209. The molecule has 1 aromatic heterocycles. The van der Waals surface area contributed by atoms with E-state index < -0.39 is 0 Å². The van der Waals surface area contributed by atoms with Crippen LogP contribution in [0.5, 0.6) is 0 Å². The molecule has 5 rings (SSSR count). The van der Waals surface area contributed by atoms with Gasteiger partial charge < -0.3 is 10.1 Å². The lowest BCUT2D eigenvalue weighted by molar-refractivity contribution is -0.0809. The fourth-order valence-corrected chi connectivity index (χ4v) is 5.48. The fourth-order valence-electron chi connectivity index (χ4n) is 5.48. The first-order chi connectivity index (χ1) is 14.3. The fraction of sp³-hybridized carbons (Fsp3) is 0.577. The van der Waals surface area contributed by atoms with E-state index in [2.05, 4.69) is 53.6 Å². The van der Waals surface area contributed by atoms with Crippen LogP contribution in [0.1, 0.15) is 87.1 Å². The number of hydrogen-bond donors (Lipinski definition) is 1. The lowest BCUT2D eigenvalue weighted by Crippen LogP contribution is -2.36. The van der Waals surface area contributed by atoms with Crippen LogP contribution in [0.2, 0.25) is 0 Å². The first kappa shape index (κ1) is 20.6. The van der Waals surface area contributed by atoms with E-state index in [4.69, 9.17) is 4.74 Å². The largest absolute Gasteiger partial charge is 0.375 e. The van der Waals surface area contributed by atoms with E-state index in [1.807, 2.05) is 12.3 Å². The van der Waals surface area contributed by atoms with Gasteiger partial charge in [-0.1, -0.05) is 50.1 Å². The molecule has 2 aliphatic carbocycles. The highest BCUT2D eigenvalue weighted by molar-refractivity contribution is 5.32. The minimum Gasteiger partial charge on any atom is -0.375 e. The van der Waals surface area contributed by atoms with Crippen LogP contribution in [0, 0.1) is 0 Å². The third-order valence-corrected chi connectivity index (χ3v) is 6.93. The molecule has 2 heterocycles. The lowest BCUT2D eigenvalue weighted by Gasteiger charge is -2.38. The summed E-state index contributed by atoms with van der Waals surface area (Å²) < 4.78 is 6.05. The summed E-state index contributed by atoms with van der Waals surface area (Å²) >= 11 is 0. The number of aromatic nitrogens is 1. The zero-order valence-electron chi connectivity index (χ0n) is 17.9. The Morgan fingerprint density at radius 2 is 1.86 bits per heavy atom. The Labute approximate surface area is 176 Å². The maximum absolute atomic E-state index is 6.05. The van der Waals surface area contributed by atoms with E-state index >= 15 is 0 Å². The molecule has 2 fully saturated rings. The van der Waals surface area contributed by atoms with Crippen LogP contribution in [0.3, 0.4) is 0 Å². The average molecular weight is 393 g/mol. The molecule has 3 heteroatoms. The Morgan fingerprint density at radius 1 is 1.03 bits per heavy atom. The molecule has 1 aromatic carbocycles. The van der Waals surface area contributed by atoms with Gasteiger partial charge >= 0.3 is 0 Å². The van der Waals surface area contributed by atoms with Gasteiger partial charge in [-0.15, -0.1) is 0 Å². The first-order valence-corrected chi connectivity index (χ1v) is 11.7. The molecule has 156 valence electrons. The van der Waals surface area contributed by atoms with E-state index in [9.17, 15) is 0 Å². The number of benzene rings is 1. The molecule has 0 radical (unpaired) electrons. The molecule has 1 saturated heterocycles. The quantitative estimate of drug-likeness (QED) is 0.699. The van der Waals surface area contributed by atoms with Gasteiger partial charge in [0.1, 0.15) is 0 Å². The highest BCUT2D eigenvalue weighted by atomic mass is 16.5. The van der Waals surface area contributed by atoms with Crippen molar-refractivity contribution in [1.82, 2.24) is 10.3 Å². The molecule has 0 bridgehead atoms. The van der Waals surface area contributed by atoms with Crippen molar-refractivity contribution in [2.45, 2.75) is 82.3 Å². The molecule has 1 aliphatic heterocycles. The van der Waals surface area contributed by atoms with Gasteiger partial charge in [0, 0.05) is 30.5 Å². The molecule has 3 nitrogen and oxygen atoms in total. The Kier molecular flexibility index (Phi) is 6.99. The van der Waals surface area contributed by atoms with Crippen molar-refractivity contribution in [3.05, 3.63) is 65.5 Å². The molecule has 0 amide bonds. The number of rotatable bonds is 3. The Bertz CT molecular complexity index is 754. The molecule has 2 atom stereocenters. The van der Waals surface area contributed by atoms with Crippen LogP contribution >= 0.6 is 0 Å². The van der Waals surface area contributed by atoms with Crippen LogP contribution in [-0.2, 0) is 11.2 Å². The minimum atomic E-state index is 0.209. The van der Waals surface area contributed by atoms with E-state index in [-0.39, 0.29) is 5.60 Å². The summed E-state index contributed by atoms with van der Waals surface area (Å²) in [7, 11) is 0. The van der Waals surface area contributed by atoms with Gasteiger partial charge in [-0.05, 0) is 74.8 Å². The zero-order valence-corrected chi connectivity index (χ0v) is 17.9. The Hall–Kier alpha value is -1.71. The molecular weight excluding hydrogens is 356 g/mol. The number of nitrogens with one attached hydrogen (secondary N) is 1. The second-order valence-electron chi connectivity index (χ2n) is 8.88. The van der Waals surface area contributed by atoms with Gasteiger partial charge in [0.15, 0.2) is 0 Å². The summed E-state index contributed by atoms with van der Waals surface area (Å²) in [6.45, 7) is 4.16. The van der Waals surface area contributed by atoms with Crippen molar-refractivity contribution in [2.24, 2.45) is 0 Å². The van der Waals surface area contributed by atoms with Crippen molar-refractivity contribution in [1.29, 1.82) is 0 Å². The topological polar surface area (TPSA) is 34.1 Å². The van der Waals surface area contributed by atoms with Crippen molar-refractivity contribution in [2.75, 3.05) is 13.2 Å². The Morgan fingerprint density at radius 3 is 2.66 bits per heavy atom. The average Bonchev–Trinajstić information content (AvgIpc) is 3.23. The summed E-state index contributed by atoms with van der Waals surface area (Å²) in [4.78, 5) is 4.50. The monoisotopic (exact) mass is 392 g/mol. The first-order valence-electron chi connectivity index (χ1n) is 11.7. The second kappa shape index (κ2) is 9.86. The van der Waals surface area contributed by atoms with Gasteiger partial charge in [-0.3, -0.25) is 4.98 Å². The van der Waals surface area contributed by atoms with Crippen molar-refractivity contribution >= 4 is 0 Å². The summed E-state index contributed by atoms with van der Waals surface area (Å²) in [5.74, 6) is 0.619. The molecule has 3 aliphatic rings. The van der Waals surface area contributed by atoms with E-state index in [1.54, 1.807) is 5.56 Å². The third kappa shape index (κ3) is 5.07.